The van der Waals surface area contributed by atoms with Gasteiger partial charge in [-0.25, -0.2) is 0 Å². The zero-order chi connectivity index (χ0) is 15.4. The van der Waals surface area contributed by atoms with E-state index in [4.69, 9.17) is 0 Å². The highest BCUT2D eigenvalue weighted by Gasteiger charge is 2.27. The lowest BCUT2D eigenvalue weighted by Gasteiger charge is -2.11. The molecule has 0 spiro atoms. The number of amides is 1. The first-order valence-electron chi connectivity index (χ1n) is 7.41. The molecule has 2 aromatic rings. The van der Waals surface area contributed by atoms with Crippen LogP contribution in [-0.4, -0.2) is 34.7 Å². The summed E-state index contributed by atoms with van der Waals surface area (Å²) in [4.78, 5) is 16.1. The number of carbonyl (C=O) groups is 1. The number of aliphatic hydroxyl groups excluding tert-OH is 1. The molecular weight excluding hydrogens is 349 g/mol. The smallest absolute Gasteiger partial charge is 0.241 e. The van der Waals surface area contributed by atoms with Crippen molar-refractivity contribution in [2.24, 2.45) is 0 Å². The van der Waals surface area contributed by atoms with Gasteiger partial charge in [-0.1, -0.05) is 12.1 Å². The first-order chi connectivity index (χ1) is 10.7. The Bertz CT molecular complexity index is 638. The van der Waals surface area contributed by atoms with Crippen LogP contribution >= 0.6 is 24.8 Å². The first-order valence-corrected chi connectivity index (χ1v) is 7.41. The SMILES string of the molecule is Cl.Cl.O=C(Nc1ccc(Cc2ccncc2)cc1)C1CC(O)CN1. The van der Waals surface area contributed by atoms with Crippen LogP contribution in [-0.2, 0) is 11.2 Å². The normalized spacial score (nSPS) is 19.0. The zero-order valence-electron chi connectivity index (χ0n) is 13.0. The van der Waals surface area contributed by atoms with Gasteiger partial charge in [0.25, 0.3) is 0 Å². The van der Waals surface area contributed by atoms with Gasteiger partial charge < -0.3 is 15.7 Å². The van der Waals surface area contributed by atoms with Gasteiger partial charge in [-0.05, 0) is 48.2 Å². The quantitative estimate of drug-likeness (QED) is 0.771. The van der Waals surface area contributed by atoms with Crippen LogP contribution in [0.4, 0.5) is 5.69 Å². The molecule has 3 rings (SSSR count). The summed E-state index contributed by atoms with van der Waals surface area (Å²) in [6, 6.07) is 11.5. The monoisotopic (exact) mass is 369 g/mol. The second kappa shape index (κ2) is 9.59. The van der Waals surface area contributed by atoms with Crippen molar-refractivity contribution in [2.75, 3.05) is 11.9 Å². The molecule has 0 aliphatic carbocycles. The van der Waals surface area contributed by atoms with Gasteiger partial charge >= 0.3 is 0 Å². The lowest BCUT2D eigenvalue weighted by atomic mass is 10.1. The van der Waals surface area contributed by atoms with E-state index in [2.05, 4.69) is 15.6 Å². The molecule has 1 fully saturated rings. The Morgan fingerprint density at radius 3 is 2.33 bits per heavy atom. The summed E-state index contributed by atoms with van der Waals surface area (Å²) in [6.45, 7) is 0.475. The van der Waals surface area contributed by atoms with Crippen LogP contribution in [0.5, 0.6) is 0 Å². The fourth-order valence-electron chi connectivity index (χ4n) is 2.59. The summed E-state index contributed by atoms with van der Waals surface area (Å²) in [5.41, 5.74) is 3.15. The third-order valence-corrected chi connectivity index (χ3v) is 3.80. The van der Waals surface area contributed by atoms with E-state index in [1.54, 1.807) is 12.4 Å². The molecule has 3 N–H and O–H groups in total. The van der Waals surface area contributed by atoms with Crippen LogP contribution in [0.3, 0.4) is 0 Å². The molecule has 5 nitrogen and oxygen atoms in total. The summed E-state index contributed by atoms with van der Waals surface area (Å²) in [7, 11) is 0. The number of β-amino-alcohol motifs (C(OH)–C–C–N with tert-alkyl or cyclic N) is 1. The topological polar surface area (TPSA) is 74.2 Å². The summed E-state index contributed by atoms with van der Waals surface area (Å²) >= 11 is 0. The van der Waals surface area contributed by atoms with Crippen molar-refractivity contribution >= 4 is 36.4 Å². The van der Waals surface area contributed by atoms with Gasteiger partial charge in [0.15, 0.2) is 0 Å². The van der Waals surface area contributed by atoms with Gasteiger partial charge in [0.05, 0.1) is 12.1 Å². The zero-order valence-corrected chi connectivity index (χ0v) is 14.6. The number of aromatic nitrogens is 1. The van der Waals surface area contributed by atoms with Crippen molar-refractivity contribution in [2.45, 2.75) is 25.0 Å². The van der Waals surface area contributed by atoms with Gasteiger partial charge in [-0.2, -0.15) is 0 Å². The van der Waals surface area contributed by atoms with Gasteiger partial charge in [0.2, 0.25) is 5.91 Å². The number of benzene rings is 1. The van der Waals surface area contributed by atoms with E-state index < -0.39 is 6.10 Å². The first kappa shape index (κ1) is 20.4. The number of hydrogen-bond donors (Lipinski definition) is 3. The molecule has 130 valence electrons. The lowest BCUT2D eigenvalue weighted by molar-refractivity contribution is -0.117. The Hall–Kier alpha value is -1.66. The van der Waals surface area contributed by atoms with Crippen molar-refractivity contribution in [1.82, 2.24) is 10.3 Å². The number of aliphatic hydroxyl groups is 1. The van der Waals surface area contributed by atoms with Gasteiger partial charge in [0.1, 0.15) is 0 Å². The average molecular weight is 370 g/mol. The molecule has 1 aromatic heterocycles. The minimum atomic E-state index is -0.432. The highest BCUT2D eigenvalue weighted by molar-refractivity contribution is 5.95. The van der Waals surface area contributed by atoms with E-state index in [0.29, 0.717) is 13.0 Å². The van der Waals surface area contributed by atoms with Crippen LogP contribution in [0.25, 0.3) is 0 Å². The van der Waals surface area contributed by atoms with Crippen molar-refractivity contribution in [3.05, 3.63) is 59.9 Å². The van der Waals surface area contributed by atoms with E-state index in [1.807, 2.05) is 36.4 Å². The number of carbonyl (C=O) groups excluding carboxylic acids is 1. The van der Waals surface area contributed by atoms with Crippen LogP contribution in [0.1, 0.15) is 17.5 Å². The maximum absolute atomic E-state index is 12.0. The predicted octanol–water partition coefficient (Wildman–Crippen LogP) is 2.18. The summed E-state index contributed by atoms with van der Waals surface area (Å²) < 4.78 is 0. The molecule has 24 heavy (non-hydrogen) atoms. The number of nitrogens with one attached hydrogen (secondary N) is 2. The van der Waals surface area contributed by atoms with Crippen molar-refractivity contribution < 1.29 is 9.90 Å². The molecule has 1 aliphatic heterocycles. The number of hydrogen-bond acceptors (Lipinski definition) is 4. The fraction of sp³-hybridized carbons (Fsp3) is 0.294. The summed E-state index contributed by atoms with van der Waals surface area (Å²) in [5.74, 6) is -0.0987. The highest BCUT2D eigenvalue weighted by atomic mass is 35.5. The van der Waals surface area contributed by atoms with Gasteiger partial charge in [-0.15, -0.1) is 24.8 Å². The minimum Gasteiger partial charge on any atom is -0.392 e. The van der Waals surface area contributed by atoms with E-state index in [1.165, 1.54) is 11.1 Å². The highest BCUT2D eigenvalue weighted by Crippen LogP contribution is 2.15. The molecule has 1 amide bonds. The lowest BCUT2D eigenvalue weighted by Crippen LogP contribution is -2.35. The van der Waals surface area contributed by atoms with Crippen molar-refractivity contribution in [3.8, 4) is 0 Å². The Balaban J connectivity index is 0.00000144. The standard InChI is InChI=1S/C17H19N3O2.2ClH/c21-15-10-16(19-11-15)17(22)20-14-3-1-12(2-4-14)9-13-5-7-18-8-6-13;;/h1-8,15-16,19,21H,9-11H2,(H,20,22);2*1H. The van der Waals surface area contributed by atoms with E-state index in [9.17, 15) is 9.90 Å². The molecule has 0 saturated carbocycles. The van der Waals surface area contributed by atoms with E-state index in [-0.39, 0.29) is 36.8 Å². The van der Waals surface area contributed by atoms with E-state index in [0.717, 1.165) is 12.1 Å². The predicted molar refractivity (Wildman–Crippen MR) is 99.0 cm³/mol. The molecule has 7 heteroatoms. The molecule has 2 heterocycles. The second-order valence-corrected chi connectivity index (χ2v) is 5.57. The number of halogens is 2. The molecule has 1 aliphatic rings. The Kier molecular flexibility index (Phi) is 8.15. The van der Waals surface area contributed by atoms with E-state index >= 15 is 0 Å². The summed E-state index contributed by atoms with van der Waals surface area (Å²) in [5, 5.41) is 15.3. The molecule has 0 radical (unpaired) electrons. The molecule has 1 saturated heterocycles. The molecular formula is C17H21Cl2N3O2. The Morgan fingerprint density at radius 1 is 1.12 bits per heavy atom. The molecule has 2 unspecified atom stereocenters. The molecule has 0 bridgehead atoms. The molecule has 2 atom stereocenters. The number of anilines is 1. The van der Waals surface area contributed by atoms with Crippen LogP contribution in [0.15, 0.2) is 48.8 Å². The minimum absolute atomic E-state index is 0. The van der Waals surface area contributed by atoms with Gasteiger partial charge in [0, 0.05) is 24.6 Å². The number of nitrogens with zero attached hydrogens (tertiary/aromatic N) is 1. The van der Waals surface area contributed by atoms with Crippen LogP contribution in [0, 0.1) is 0 Å². The van der Waals surface area contributed by atoms with Crippen molar-refractivity contribution in [3.63, 3.8) is 0 Å². The van der Waals surface area contributed by atoms with Crippen LogP contribution < -0.4 is 10.6 Å². The second-order valence-electron chi connectivity index (χ2n) is 5.57. The van der Waals surface area contributed by atoms with Gasteiger partial charge in [-0.3, -0.25) is 9.78 Å². The number of rotatable bonds is 4. The molecule has 1 aromatic carbocycles. The summed E-state index contributed by atoms with van der Waals surface area (Å²) in [6.07, 6.45) is 4.44. The largest absolute Gasteiger partial charge is 0.392 e. The third kappa shape index (κ3) is 5.46. The Labute approximate surface area is 153 Å². The maximum atomic E-state index is 12.0. The number of pyridine rings is 1. The van der Waals surface area contributed by atoms with Crippen LogP contribution in [0.2, 0.25) is 0 Å². The maximum Gasteiger partial charge on any atom is 0.241 e. The van der Waals surface area contributed by atoms with Crippen molar-refractivity contribution in [1.29, 1.82) is 0 Å². The fourth-order valence-corrected chi connectivity index (χ4v) is 2.59. The average Bonchev–Trinajstić information content (AvgIpc) is 2.97. The Morgan fingerprint density at radius 2 is 1.75 bits per heavy atom. The third-order valence-electron chi connectivity index (χ3n) is 3.80.